The zero-order chi connectivity index (χ0) is 30.8. The molecule has 3 amide bonds. The number of thiazole rings is 1. The van der Waals surface area contributed by atoms with E-state index in [4.69, 9.17) is 9.47 Å². The zero-order valence-corrected chi connectivity index (χ0v) is 25.8. The standard InChI is InChI=1S/C34H29N3O6S2/c1-42-19-13-11-17(12-14-19)35-24(38)16-43-23-10-6-5-9-20(23)25-26-21-15-22(29(26)44-31-30(25)45-34(41)36-31)28-27(21)32(39)37(33(28)40)18-7-3-2-4-8-18/h2-14,21-22,25-29H,15-16H2,1H3,(H,35,38)(H,36,41)/t21-,22-,25-,26?,27?,28?,29?/m1/s1. The lowest BCUT2D eigenvalue weighted by Gasteiger charge is -2.43. The van der Waals surface area contributed by atoms with Gasteiger partial charge in [0.25, 0.3) is 5.91 Å². The number of aromatic nitrogens is 1. The number of thioether (sulfide) groups is 1. The highest BCUT2D eigenvalue weighted by atomic mass is 32.2. The van der Waals surface area contributed by atoms with Gasteiger partial charge < -0.3 is 19.8 Å². The molecule has 3 heterocycles. The number of H-pyrrole nitrogens is 1. The van der Waals surface area contributed by atoms with E-state index in [-0.39, 0.29) is 64.0 Å². The molecule has 2 aliphatic heterocycles. The van der Waals surface area contributed by atoms with Gasteiger partial charge in [-0.1, -0.05) is 47.7 Å². The summed E-state index contributed by atoms with van der Waals surface area (Å²) in [7, 11) is 1.58. The van der Waals surface area contributed by atoms with Crippen molar-refractivity contribution in [3.63, 3.8) is 0 Å². The van der Waals surface area contributed by atoms with Crippen molar-refractivity contribution in [1.82, 2.24) is 4.98 Å². The molecule has 8 rings (SSSR count). The lowest BCUT2D eigenvalue weighted by Crippen LogP contribution is -2.42. The van der Waals surface area contributed by atoms with Crippen molar-refractivity contribution in [1.29, 1.82) is 0 Å². The largest absolute Gasteiger partial charge is 0.497 e. The van der Waals surface area contributed by atoms with Gasteiger partial charge in [0, 0.05) is 27.3 Å². The van der Waals surface area contributed by atoms with Crippen LogP contribution in [0.15, 0.2) is 88.7 Å². The molecule has 4 aromatic rings. The second-order valence-electron chi connectivity index (χ2n) is 11.9. The lowest BCUT2D eigenvalue weighted by molar-refractivity contribution is -0.123. The van der Waals surface area contributed by atoms with Crippen LogP contribution in [0.1, 0.15) is 22.8 Å². The number of ether oxygens (including phenoxy) is 2. The summed E-state index contributed by atoms with van der Waals surface area (Å²) in [5, 5.41) is 3.73. The maximum absolute atomic E-state index is 14.0. The molecule has 228 valence electrons. The fourth-order valence-electron chi connectivity index (χ4n) is 8.08. The van der Waals surface area contributed by atoms with Crippen LogP contribution in [0.3, 0.4) is 0 Å². The summed E-state index contributed by atoms with van der Waals surface area (Å²) >= 11 is 2.84. The Morgan fingerprint density at radius 2 is 1.64 bits per heavy atom. The third-order valence-electron chi connectivity index (χ3n) is 9.72. The molecular formula is C34H29N3O6S2. The predicted molar refractivity (Wildman–Crippen MR) is 171 cm³/mol. The third kappa shape index (κ3) is 4.51. The summed E-state index contributed by atoms with van der Waals surface area (Å²) in [6.07, 6.45) is 0.792. The van der Waals surface area contributed by atoms with E-state index in [9.17, 15) is 19.2 Å². The maximum Gasteiger partial charge on any atom is 0.305 e. The maximum atomic E-state index is 14.0. The summed E-state index contributed by atoms with van der Waals surface area (Å²) in [5.74, 6) is -0.268. The minimum absolute atomic E-state index is 0.0163. The summed E-state index contributed by atoms with van der Waals surface area (Å²) in [6, 6.07) is 23.9. The molecule has 2 N–H and O–H groups in total. The molecule has 2 aliphatic carbocycles. The molecule has 1 saturated heterocycles. The van der Waals surface area contributed by atoms with Crippen LogP contribution in [0, 0.1) is 29.6 Å². The number of hydrogen-bond acceptors (Lipinski definition) is 8. The molecule has 0 spiro atoms. The van der Waals surface area contributed by atoms with Gasteiger partial charge in [-0.05, 0) is 66.6 Å². The van der Waals surface area contributed by atoms with Crippen LogP contribution in [0.4, 0.5) is 11.4 Å². The van der Waals surface area contributed by atoms with Crippen LogP contribution in [-0.4, -0.2) is 41.7 Å². The van der Waals surface area contributed by atoms with Crippen molar-refractivity contribution in [3.8, 4) is 11.5 Å². The Morgan fingerprint density at radius 3 is 2.40 bits per heavy atom. The minimum Gasteiger partial charge on any atom is -0.497 e. The molecule has 45 heavy (non-hydrogen) atoms. The molecule has 3 aromatic carbocycles. The molecule has 9 nitrogen and oxygen atoms in total. The van der Waals surface area contributed by atoms with Gasteiger partial charge in [0.15, 0.2) is 6.61 Å². The Morgan fingerprint density at radius 1 is 0.933 bits per heavy atom. The van der Waals surface area contributed by atoms with Gasteiger partial charge in [-0.2, -0.15) is 0 Å². The van der Waals surface area contributed by atoms with E-state index in [0.29, 0.717) is 22.9 Å². The minimum atomic E-state index is -0.396. The number of hydrogen-bond donors (Lipinski definition) is 2. The van der Waals surface area contributed by atoms with Crippen LogP contribution in [0.25, 0.3) is 0 Å². The van der Waals surface area contributed by atoms with Crippen LogP contribution in [-0.2, 0) is 14.4 Å². The number of para-hydroxylation sites is 2. The molecular weight excluding hydrogens is 611 g/mol. The SMILES string of the molecule is COc1ccc(NC(=O)COc2ccccc2[C@H]2c3sc(=O)[nH]c3SC3C2[C@H]2C[C@@H]3C3C(=O)N(c4ccccc4)C(=O)C32)cc1. The topological polar surface area (TPSA) is 118 Å². The first kappa shape index (κ1) is 28.1. The van der Waals surface area contributed by atoms with E-state index in [1.807, 2.05) is 54.6 Å². The summed E-state index contributed by atoms with van der Waals surface area (Å²) in [4.78, 5) is 58.5. The second-order valence-corrected chi connectivity index (χ2v) is 14.1. The number of rotatable bonds is 7. The van der Waals surface area contributed by atoms with Gasteiger partial charge in [0.1, 0.15) is 11.5 Å². The van der Waals surface area contributed by atoms with Crippen LogP contribution in [0.2, 0.25) is 0 Å². The molecule has 2 bridgehead atoms. The van der Waals surface area contributed by atoms with E-state index in [0.717, 1.165) is 21.9 Å². The van der Waals surface area contributed by atoms with E-state index in [1.54, 1.807) is 43.1 Å². The highest BCUT2D eigenvalue weighted by Gasteiger charge is 2.69. The molecule has 1 aromatic heterocycles. The number of amides is 3. The third-order valence-corrected chi connectivity index (χ3v) is 12.3. The summed E-state index contributed by atoms with van der Waals surface area (Å²) in [5.41, 5.74) is 2.12. The van der Waals surface area contributed by atoms with E-state index in [1.165, 1.54) is 16.2 Å². The Kier molecular flexibility index (Phi) is 6.83. The fraction of sp³-hybridized carbons (Fsp3) is 0.294. The van der Waals surface area contributed by atoms with E-state index in [2.05, 4.69) is 10.3 Å². The van der Waals surface area contributed by atoms with Crippen LogP contribution < -0.4 is 24.6 Å². The van der Waals surface area contributed by atoms with E-state index < -0.39 is 5.92 Å². The molecule has 0 radical (unpaired) electrons. The molecule has 4 aliphatic rings. The average Bonchev–Trinajstić information content (AvgIpc) is 3.79. The quantitative estimate of drug-likeness (QED) is 0.269. The van der Waals surface area contributed by atoms with Gasteiger partial charge in [0.2, 0.25) is 11.8 Å². The predicted octanol–water partition coefficient (Wildman–Crippen LogP) is 5.14. The van der Waals surface area contributed by atoms with Gasteiger partial charge in [-0.3, -0.25) is 24.1 Å². The second kappa shape index (κ2) is 10.9. The van der Waals surface area contributed by atoms with Crippen LogP contribution >= 0.6 is 23.1 Å². The zero-order valence-electron chi connectivity index (χ0n) is 24.2. The number of imide groups is 1. The fourth-order valence-corrected chi connectivity index (χ4v) is 11.0. The number of carbonyl (C=O) groups excluding carboxylic acids is 3. The first-order valence-electron chi connectivity index (χ1n) is 14.9. The lowest BCUT2D eigenvalue weighted by atomic mass is 9.68. The number of nitrogens with one attached hydrogen (secondary N) is 2. The Bertz CT molecular complexity index is 1870. The average molecular weight is 640 g/mol. The summed E-state index contributed by atoms with van der Waals surface area (Å²) < 4.78 is 11.4. The number of aromatic amines is 1. The highest BCUT2D eigenvalue weighted by Crippen LogP contribution is 2.69. The number of anilines is 2. The van der Waals surface area contributed by atoms with E-state index >= 15 is 0 Å². The number of benzene rings is 3. The molecule has 7 atom stereocenters. The number of fused-ring (bicyclic) bond motifs is 9. The molecule has 11 heteroatoms. The Balaban J connectivity index is 1.11. The molecule has 3 fully saturated rings. The van der Waals surface area contributed by atoms with Gasteiger partial charge >= 0.3 is 4.87 Å². The van der Waals surface area contributed by atoms with Gasteiger partial charge in [-0.15, -0.1) is 11.8 Å². The van der Waals surface area contributed by atoms with Gasteiger partial charge in [0.05, 0.1) is 29.7 Å². The number of nitrogens with zero attached hydrogens (tertiary/aromatic N) is 1. The monoisotopic (exact) mass is 639 g/mol. The molecule has 2 saturated carbocycles. The van der Waals surface area contributed by atoms with Crippen molar-refractivity contribution in [3.05, 3.63) is 99.0 Å². The van der Waals surface area contributed by atoms with Crippen molar-refractivity contribution < 1.29 is 23.9 Å². The number of carbonyl (C=O) groups is 3. The smallest absolute Gasteiger partial charge is 0.305 e. The highest BCUT2D eigenvalue weighted by molar-refractivity contribution is 8.00. The van der Waals surface area contributed by atoms with Crippen molar-refractivity contribution >= 4 is 52.2 Å². The number of methoxy groups -OCH3 is 1. The van der Waals surface area contributed by atoms with Gasteiger partial charge in [-0.25, -0.2) is 0 Å². The first-order valence-corrected chi connectivity index (χ1v) is 16.6. The van der Waals surface area contributed by atoms with Crippen LogP contribution in [0.5, 0.6) is 11.5 Å². The van der Waals surface area contributed by atoms with Crippen molar-refractivity contribution in [2.24, 2.45) is 29.6 Å². The first-order chi connectivity index (χ1) is 21.9. The molecule has 4 unspecified atom stereocenters. The Labute approximate surface area is 266 Å². The van der Waals surface area contributed by atoms with Crippen molar-refractivity contribution in [2.75, 3.05) is 23.9 Å². The summed E-state index contributed by atoms with van der Waals surface area (Å²) in [6.45, 7) is -0.204. The normalized spacial score (nSPS) is 27.6. The van der Waals surface area contributed by atoms with Crippen molar-refractivity contribution in [2.45, 2.75) is 22.6 Å². The Hall–Kier alpha value is -4.35.